The van der Waals surface area contributed by atoms with Gasteiger partial charge in [0.05, 0.1) is 18.3 Å². The van der Waals surface area contributed by atoms with Crippen molar-refractivity contribution in [1.82, 2.24) is 14.8 Å². The van der Waals surface area contributed by atoms with Gasteiger partial charge in [-0.3, -0.25) is 4.79 Å². The molecular formula is C23H22N4O3. The van der Waals surface area contributed by atoms with Gasteiger partial charge < -0.3 is 14.8 Å². The molecule has 0 aliphatic heterocycles. The van der Waals surface area contributed by atoms with Crippen molar-refractivity contribution < 1.29 is 14.3 Å². The number of nitrogens with zero attached hydrogens (tertiary/aromatic N) is 3. The van der Waals surface area contributed by atoms with Gasteiger partial charge in [0.15, 0.2) is 23.9 Å². The zero-order valence-corrected chi connectivity index (χ0v) is 17.0. The van der Waals surface area contributed by atoms with E-state index in [1.54, 1.807) is 30.0 Å². The number of fused-ring (bicyclic) bond motifs is 1. The number of methoxy groups -OCH3 is 1. The highest BCUT2D eigenvalue weighted by molar-refractivity contribution is 5.91. The number of hydrogen-bond donors (Lipinski definition) is 1. The van der Waals surface area contributed by atoms with Crippen molar-refractivity contribution in [3.63, 3.8) is 0 Å². The van der Waals surface area contributed by atoms with Crippen LogP contribution in [0.15, 0.2) is 60.7 Å². The van der Waals surface area contributed by atoms with Crippen LogP contribution in [0.25, 0.3) is 16.7 Å². The van der Waals surface area contributed by atoms with Crippen molar-refractivity contribution in [2.24, 2.45) is 0 Å². The van der Waals surface area contributed by atoms with Crippen molar-refractivity contribution in [2.75, 3.05) is 19.0 Å². The second-order valence-corrected chi connectivity index (χ2v) is 6.88. The van der Waals surface area contributed by atoms with E-state index in [4.69, 9.17) is 14.5 Å². The summed E-state index contributed by atoms with van der Waals surface area (Å²) in [6.45, 7) is 3.74. The number of nitrogens with one attached hydrogen (secondary N) is 1. The Hall–Kier alpha value is -3.87. The standard InChI is InChI=1S/C23H22N4O3/c1-15-12-21(24-18-9-5-4-8-17(15)18)27-22(13-16(2)26-27)25-23(28)14-30-20-11-7-6-10-19(20)29-3/h4-13H,14H2,1-3H3,(H,25,28). The summed E-state index contributed by atoms with van der Waals surface area (Å²) >= 11 is 0. The largest absolute Gasteiger partial charge is 0.493 e. The number of para-hydroxylation sites is 3. The first-order chi connectivity index (χ1) is 14.5. The number of carbonyl (C=O) groups excluding carboxylic acids is 1. The molecule has 1 amide bonds. The minimum absolute atomic E-state index is 0.158. The summed E-state index contributed by atoms with van der Waals surface area (Å²) in [7, 11) is 1.56. The van der Waals surface area contributed by atoms with Crippen molar-refractivity contribution in [3.05, 3.63) is 71.9 Å². The highest BCUT2D eigenvalue weighted by Gasteiger charge is 2.14. The number of ether oxygens (including phenoxy) is 2. The predicted molar refractivity (Wildman–Crippen MR) is 115 cm³/mol. The van der Waals surface area contributed by atoms with Gasteiger partial charge in [0, 0.05) is 11.5 Å². The molecule has 0 radical (unpaired) electrons. The van der Waals surface area contributed by atoms with Crippen molar-refractivity contribution in [2.45, 2.75) is 13.8 Å². The van der Waals surface area contributed by atoms with Crippen LogP contribution in [0, 0.1) is 13.8 Å². The van der Waals surface area contributed by atoms with Gasteiger partial charge in [-0.1, -0.05) is 30.3 Å². The molecule has 0 unspecified atom stereocenters. The number of aromatic nitrogens is 3. The van der Waals surface area contributed by atoms with Gasteiger partial charge in [-0.25, -0.2) is 4.98 Å². The van der Waals surface area contributed by atoms with Crippen LogP contribution in [0.5, 0.6) is 11.5 Å². The van der Waals surface area contributed by atoms with Crippen LogP contribution in [0.2, 0.25) is 0 Å². The van der Waals surface area contributed by atoms with Gasteiger partial charge in [-0.05, 0) is 43.7 Å². The Balaban J connectivity index is 1.56. The highest BCUT2D eigenvalue weighted by atomic mass is 16.5. The summed E-state index contributed by atoms with van der Waals surface area (Å²) in [5.74, 6) is 1.94. The second kappa shape index (κ2) is 8.24. The van der Waals surface area contributed by atoms with Gasteiger partial charge in [0.25, 0.3) is 5.91 Å². The van der Waals surface area contributed by atoms with E-state index in [1.807, 2.05) is 56.3 Å². The third-order valence-electron chi connectivity index (χ3n) is 4.65. The lowest BCUT2D eigenvalue weighted by Crippen LogP contribution is -2.22. The summed E-state index contributed by atoms with van der Waals surface area (Å²) in [5, 5.41) is 8.45. The maximum Gasteiger partial charge on any atom is 0.263 e. The fraction of sp³-hybridized carbons (Fsp3) is 0.174. The van der Waals surface area contributed by atoms with Gasteiger partial charge in [0.2, 0.25) is 0 Å². The van der Waals surface area contributed by atoms with Crippen LogP contribution in [0.4, 0.5) is 5.82 Å². The molecule has 2 aromatic carbocycles. The average Bonchev–Trinajstić information content (AvgIpc) is 3.12. The number of hydrogen-bond acceptors (Lipinski definition) is 5. The van der Waals surface area contributed by atoms with Gasteiger partial charge >= 0.3 is 0 Å². The van der Waals surface area contributed by atoms with Crippen molar-refractivity contribution >= 4 is 22.6 Å². The van der Waals surface area contributed by atoms with Crippen LogP contribution in [0.3, 0.4) is 0 Å². The minimum atomic E-state index is -0.306. The van der Waals surface area contributed by atoms with Gasteiger partial charge in [0.1, 0.15) is 5.82 Å². The fourth-order valence-electron chi connectivity index (χ4n) is 3.26. The van der Waals surface area contributed by atoms with Crippen LogP contribution in [-0.2, 0) is 4.79 Å². The van der Waals surface area contributed by atoms with Crippen molar-refractivity contribution in [3.8, 4) is 17.3 Å². The Labute approximate surface area is 174 Å². The number of pyridine rings is 1. The Morgan fingerprint density at radius 3 is 2.57 bits per heavy atom. The van der Waals surface area contributed by atoms with E-state index in [-0.39, 0.29) is 12.5 Å². The fourth-order valence-corrected chi connectivity index (χ4v) is 3.26. The van der Waals surface area contributed by atoms with Gasteiger partial charge in [-0.15, -0.1) is 0 Å². The molecule has 152 valence electrons. The number of rotatable bonds is 6. The highest BCUT2D eigenvalue weighted by Crippen LogP contribution is 2.26. The number of anilines is 1. The molecule has 0 aliphatic rings. The first-order valence-corrected chi connectivity index (χ1v) is 9.54. The lowest BCUT2D eigenvalue weighted by atomic mass is 10.1. The molecule has 0 atom stereocenters. The first-order valence-electron chi connectivity index (χ1n) is 9.54. The SMILES string of the molecule is COc1ccccc1OCC(=O)Nc1cc(C)nn1-c1cc(C)c2ccccc2n1. The van der Waals surface area contributed by atoms with E-state index in [1.165, 1.54) is 0 Å². The Morgan fingerprint density at radius 1 is 1.03 bits per heavy atom. The quantitative estimate of drug-likeness (QED) is 0.526. The van der Waals surface area contributed by atoms with E-state index in [0.717, 1.165) is 22.2 Å². The monoisotopic (exact) mass is 402 g/mol. The Kier molecular flexibility index (Phi) is 5.34. The summed E-state index contributed by atoms with van der Waals surface area (Å²) in [6.07, 6.45) is 0. The van der Waals surface area contributed by atoms with Crippen LogP contribution < -0.4 is 14.8 Å². The zero-order valence-electron chi connectivity index (χ0n) is 17.0. The Morgan fingerprint density at radius 2 is 1.77 bits per heavy atom. The maximum absolute atomic E-state index is 12.5. The second-order valence-electron chi connectivity index (χ2n) is 6.88. The molecule has 2 aromatic heterocycles. The molecule has 0 spiro atoms. The number of amides is 1. The summed E-state index contributed by atoms with van der Waals surface area (Å²) in [5.41, 5.74) is 2.72. The molecule has 0 bridgehead atoms. The number of carbonyl (C=O) groups is 1. The molecule has 0 aliphatic carbocycles. The lowest BCUT2D eigenvalue weighted by molar-refractivity contribution is -0.118. The van der Waals surface area contributed by atoms with Gasteiger partial charge in [-0.2, -0.15) is 9.78 Å². The molecular weight excluding hydrogens is 380 g/mol. The molecule has 7 nitrogen and oxygen atoms in total. The van der Waals surface area contributed by atoms with Crippen LogP contribution in [0.1, 0.15) is 11.3 Å². The summed E-state index contributed by atoms with van der Waals surface area (Å²) in [6, 6.07) is 18.9. The van der Waals surface area contributed by atoms with Crippen LogP contribution >= 0.6 is 0 Å². The molecule has 0 fully saturated rings. The normalized spacial score (nSPS) is 10.8. The zero-order chi connectivity index (χ0) is 21.1. The summed E-state index contributed by atoms with van der Waals surface area (Å²) < 4.78 is 12.5. The molecule has 4 rings (SSSR count). The molecule has 0 saturated heterocycles. The molecule has 2 heterocycles. The smallest absolute Gasteiger partial charge is 0.263 e. The predicted octanol–water partition coefficient (Wildman–Crippen LogP) is 4.06. The van der Waals surface area contributed by atoms with Crippen molar-refractivity contribution in [1.29, 1.82) is 0 Å². The average molecular weight is 402 g/mol. The third kappa shape index (κ3) is 3.96. The molecule has 30 heavy (non-hydrogen) atoms. The number of aryl methyl sites for hydroxylation is 2. The molecule has 1 N–H and O–H groups in total. The van der Waals surface area contributed by atoms with E-state index in [0.29, 0.717) is 23.1 Å². The van der Waals surface area contributed by atoms with E-state index in [9.17, 15) is 4.79 Å². The van der Waals surface area contributed by atoms with E-state index < -0.39 is 0 Å². The first kappa shape index (κ1) is 19.4. The molecule has 4 aromatic rings. The molecule has 0 saturated carbocycles. The van der Waals surface area contributed by atoms with Crippen LogP contribution in [-0.4, -0.2) is 34.4 Å². The summed E-state index contributed by atoms with van der Waals surface area (Å²) in [4.78, 5) is 17.2. The Bertz CT molecular complexity index is 1220. The number of benzene rings is 2. The topological polar surface area (TPSA) is 78.3 Å². The van der Waals surface area contributed by atoms with E-state index in [2.05, 4.69) is 10.4 Å². The lowest BCUT2D eigenvalue weighted by Gasteiger charge is -2.12. The third-order valence-corrected chi connectivity index (χ3v) is 4.65. The van der Waals surface area contributed by atoms with E-state index >= 15 is 0 Å². The minimum Gasteiger partial charge on any atom is -0.493 e. The maximum atomic E-state index is 12.5. The molecule has 7 heteroatoms.